The lowest BCUT2D eigenvalue weighted by molar-refractivity contribution is 0.0696. The quantitative estimate of drug-likeness (QED) is 0.746. The Balaban J connectivity index is 2.21. The van der Waals surface area contributed by atoms with Crippen molar-refractivity contribution in [3.63, 3.8) is 0 Å². The second kappa shape index (κ2) is 4.28. The topological polar surface area (TPSA) is 50.4 Å². The van der Waals surface area contributed by atoms with Crippen LogP contribution >= 0.6 is 0 Å². The SMILES string of the molecule is Cc1c(C(=O)O)cccc1-c1cc2ccccc2o1. The fourth-order valence-electron chi connectivity index (χ4n) is 2.25. The molecule has 0 aliphatic rings. The third-order valence-corrected chi connectivity index (χ3v) is 3.26. The molecule has 1 heterocycles. The summed E-state index contributed by atoms with van der Waals surface area (Å²) in [6.45, 7) is 1.80. The van der Waals surface area contributed by atoms with Crippen molar-refractivity contribution in [1.29, 1.82) is 0 Å². The fourth-order valence-corrected chi connectivity index (χ4v) is 2.25. The van der Waals surface area contributed by atoms with E-state index in [-0.39, 0.29) is 0 Å². The number of carboxylic acid groups (broad SMARTS) is 1. The molecule has 0 aliphatic carbocycles. The number of rotatable bonds is 2. The Hall–Kier alpha value is -2.55. The molecule has 2 aromatic carbocycles. The molecular weight excluding hydrogens is 240 g/mol. The number of benzene rings is 2. The minimum atomic E-state index is -0.921. The molecule has 3 heteroatoms. The van der Waals surface area contributed by atoms with Gasteiger partial charge in [-0.2, -0.15) is 0 Å². The van der Waals surface area contributed by atoms with E-state index in [9.17, 15) is 4.79 Å². The Morgan fingerprint density at radius 3 is 2.63 bits per heavy atom. The molecule has 0 aliphatic heterocycles. The van der Waals surface area contributed by atoms with Gasteiger partial charge < -0.3 is 9.52 Å². The summed E-state index contributed by atoms with van der Waals surface area (Å²) in [5, 5.41) is 10.2. The van der Waals surface area contributed by atoms with E-state index in [0.717, 1.165) is 16.5 Å². The predicted molar refractivity (Wildman–Crippen MR) is 73.3 cm³/mol. The van der Waals surface area contributed by atoms with E-state index < -0.39 is 5.97 Å². The van der Waals surface area contributed by atoms with Crippen LogP contribution in [0.2, 0.25) is 0 Å². The summed E-state index contributed by atoms with van der Waals surface area (Å²) in [4.78, 5) is 11.1. The highest BCUT2D eigenvalue weighted by Crippen LogP contribution is 2.31. The van der Waals surface area contributed by atoms with Crippen LogP contribution in [0.1, 0.15) is 15.9 Å². The molecule has 3 rings (SSSR count). The average Bonchev–Trinajstić information content (AvgIpc) is 2.82. The van der Waals surface area contributed by atoms with Crippen molar-refractivity contribution in [3.8, 4) is 11.3 Å². The molecule has 94 valence electrons. The van der Waals surface area contributed by atoms with Crippen molar-refractivity contribution in [2.75, 3.05) is 0 Å². The molecule has 0 bridgehead atoms. The zero-order valence-corrected chi connectivity index (χ0v) is 10.4. The van der Waals surface area contributed by atoms with E-state index in [0.29, 0.717) is 16.9 Å². The summed E-state index contributed by atoms with van der Waals surface area (Å²) in [6.07, 6.45) is 0. The molecule has 3 nitrogen and oxygen atoms in total. The maximum Gasteiger partial charge on any atom is 0.335 e. The van der Waals surface area contributed by atoms with Gasteiger partial charge in [-0.15, -0.1) is 0 Å². The van der Waals surface area contributed by atoms with E-state index >= 15 is 0 Å². The molecule has 0 unspecified atom stereocenters. The molecule has 3 aromatic rings. The first-order valence-corrected chi connectivity index (χ1v) is 5.98. The van der Waals surface area contributed by atoms with Crippen LogP contribution in [0.25, 0.3) is 22.3 Å². The highest BCUT2D eigenvalue weighted by atomic mass is 16.4. The minimum Gasteiger partial charge on any atom is -0.478 e. The van der Waals surface area contributed by atoms with Gasteiger partial charge in [-0.25, -0.2) is 4.79 Å². The predicted octanol–water partition coefficient (Wildman–Crippen LogP) is 4.11. The van der Waals surface area contributed by atoms with Gasteiger partial charge in [-0.1, -0.05) is 30.3 Å². The van der Waals surface area contributed by atoms with Gasteiger partial charge in [0.15, 0.2) is 0 Å². The first-order chi connectivity index (χ1) is 9.16. The number of para-hydroxylation sites is 1. The van der Waals surface area contributed by atoms with E-state index in [1.54, 1.807) is 19.1 Å². The molecule has 0 radical (unpaired) electrons. The second-order valence-electron chi connectivity index (χ2n) is 4.43. The number of hydrogen-bond donors (Lipinski definition) is 1. The number of aromatic carboxylic acids is 1. The van der Waals surface area contributed by atoms with Crippen molar-refractivity contribution >= 4 is 16.9 Å². The zero-order chi connectivity index (χ0) is 13.4. The lowest BCUT2D eigenvalue weighted by Crippen LogP contribution is -2.00. The summed E-state index contributed by atoms with van der Waals surface area (Å²) < 4.78 is 5.78. The fraction of sp³-hybridized carbons (Fsp3) is 0.0625. The lowest BCUT2D eigenvalue weighted by atomic mass is 10.0. The first-order valence-electron chi connectivity index (χ1n) is 5.98. The minimum absolute atomic E-state index is 0.304. The van der Waals surface area contributed by atoms with Crippen LogP contribution in [-0.2, 0) is 0 Å². The van der Waals surface area contributed by atoms with Crippen LogP contribution in [-0.4, -0.2) is 11.1 Å². The number of carbonyl (C=O) groups is 1. The monoisotopic (exact) mass is 252 g/mol. The van der Waals surface area contributed by atoms with Gasteiger partial charge in [0, 0.05) is 10.9 Å². The highest BCUT2D eigenvalue weighted by Gasteiger charge is 2.14. The Bertz CT molecular complexity index is 736. The normalized spacial score (nSPS) is 10.8. The summed E-state index contributed by atoms with van der Waals surface area (Å²) in [7, 11) is 0. The summed E-state index contributed by atoms with van der Waals surface area (Å²) in [5.41, 5.74) is 2.64. The molecule has 0 spiro atoms. The molecule has 0 atom stereocenters. The van der Waals surface area contributed by atoms with Gasteiger partial charge in [-0.3, -0.25) is 0 Å². The molecule has 1 aromatic heterocycles. The third kappa shape index (κ3) is 1.89. The zero-order valence-electron chi connectivity index (χ0n) is 10.4. The Morgan fingerprint density at radius 2 is 1.89 bits per heavy atom. The van der Waals surface area contributed by atoms with Gasteiger partial charge in [0.25, 0.3) is 0 Å². The molecule has 0 fully saturated rings. The van der Waals surface area contributed by atoms with Crippen LogP contribution in [0.5, 0.6) is 0 Å². The van der Waals surface area contributed by atoms with Crippen molar-refractivity contribution in [2.45, 2.75) is 6.92 Å². The van der Waals surface area contributed by atoms with E-state index in [2.05, 4.69) is 0 Å². The second-order valence-corrected chi connectivity index (χ2v) is 4.43. The van der Waals surface area contributed by atoms with Gasteiger partial charge >= 0.3 is 5.97 Å². The number of hydrogen-bond acceptors (Lipinski definition) is 2. The molecule has 19 heavy (non-hydrogen) atoms. The molecule has 0 saturated heterocycles. The highest BCUT2D eigenvalue weighted by molar-refractivity contribution is 5.92. The number of fused-ring (bicyclic) bond motifs is 1. The Morgan fingerprint density at radius 1 is 1.11 bits per heavy atom. The van der Waals surface area contributed by atoms with Gasteiger partial charge in [0.2, 0.25) is 0 Å². The third-order valence-electron chi connectivity index (χ3n) is 3.26. The molecule has 0 amide bonds. The van der Waals surface area contributed by atoms with Crippen molar-refractivity contribution < 1.29 is 14.3 Å². The lowest BCUT2D eigenvalue weighted by Gasteiger charge is -2.05. The van der Waals surface area contributed by atoms with Gasteiger partial charge in [0.1, 0.15) is 11.3 Å². The van der Waals surface area contributed by atoms with Crippen LogP contribution in [0, 0.1) is 6.92 Å². The number of carboxylic acids is 1. The van der Waals surface area contributed by atoms with Gasteiger partial charge in [-0.05, 0) is 30.7 Å². The van der Waals surface area contributed by atoms with E-state index in [1.807, 2.05) is 36.4 Å². The summed E-state index contributed by atoms with van der Waals surface area (Å²) >= 11 is 0. The molecular formula is C16H12O3. The first kappa shape index (κ1) is 11.5. The average molecular weight is 252 g/mol. The largest absolute Gasteiger partial charge is 0.478 e. The Labute approximate surface area is 110 Å². The van der Waals surface area contributed by atoms with Crippen LogP contribution < -0.4 is 0 Å². The van der Waals surface area contributed by atoms with E-state index in [4.69, 9.17) is 9.52 Å². The number of furan rings is 1. The smallest absolute Gasteiger partial charge is 0.335 e. The van der Waals surface area contributed by atoms with E-state index in [1.165, 1.54) is 0 Å². The maximum atomic E-state index is 11.1. The summed E-state index contributed by atoms with van der Waals surface area (Å²) in [6, 6.07) is 14.9. The van der Waals surface area contributed by atoms with Crippen LogP contribution in [0.4, 0.5) is 0 Å². The Kier molecular flexibility index (Phi) is 2.60. The van der Waals surface area contributed by atoms with Crippen LogP contribution in [0.3, 0.4) is 0 Å². The molecule has 1 N–H and O–H groups in total. The van der Waals surface area contributed by atoms with Crippen molar-refractivity contribution in [2.24, 2.45) is 0 Å². The summed E-state index contributed by atoms with van der Waals surface area (Å²) in [5.74, 6) is -0.225. The standard InChI is InChI=1S/C16H12O3/c1-10-12(6-4-7-13(10)16(17)18)15-9-11-5-2-3-8-14(11)19-15/h2-9H,1H3,(H,17,18). The van der Waals surface area contributed by atoms with Crippen molar-refractivity contribution in [3.05, 3.63) is 59.7 Å². The van der Waals surface area contributed by atoms with Gasteiger partial charge in [0.05, 0.1) is 5.56 Å². The van der Waals surface area contributed by atoms with Crippen LogP contribution in [0.15, 0.2) is 52.9 Å². The van der Waals surface area contributed by atoms with Crippen molar-refractivity contribution in [1.82, 2.24) is 0 Å². The maximum absolute atomic E-state index is 11.1. The molecule has 0 saturated carbocycles.